The van der Waals surface area contributed by atoms with Crippen molar-refractivity contribution in [1.82, 2.24) is 25.2 Å². The first-order valence-corrected chi connectivity index (χ1v) is 9.98. The molecular weight excluding hydrogens is 402 g/mol. The van der Waals surface area contributed by atoms with Gasteiger partial charge in [0, 0.05) is 25.6 Å². The zero-order valence-electron chi connectivity index (χ0n) is 17.9. The molecule has 0 saturated carbocycles. The minimum absolute atomic E-state index is 0.0612. The lowest BCUT2D eigenvalue weighted by atomic mass is 9.85. The largest absolute Gasteiger partial charge is 0.478 e. The number of aromatic carboxylic acids is 1. The minimum Gasteiger partial charge on any atom is -0.478 e. The third-order valence-electron chi connectivity index (χ3n) is 5.35. The number of aromatic nitrogens is 3. The molecule has 1 saturated heterocycles. The summed E-state index contributed by atoms with van der Waals surface area (Å²) < 4.78 is 1.44. The van der Waals surface area contributed by atoms with Crippen molar-refractivity contribution in [3.8, 4) is 11.3 Å². The van der Waals surface area contributed by atoms with Gasteiger partial charge in [-0.2, -0.15) is 0 Å². The van der Waals surface area contributed by atoms with Crippen molar-refractivity contribution in [1.29, 1.82) is 0 Å². The number of carbonyl (C=O) groups excluding carboxylic acids is 2. The number of carboxylic acids is 1. The summed E-state index contributed by atoms with van der Waals surface area (Å²) in [7, 11) is 1.49. The zero-order valence-corrected chi connectivity index (χ0v) is 17.9. The van der Waals surface area contributed by atoms with E-state index in [-0.39, 0.29) is 30.3 Å². The Morgan fingerprint density at radius 1 is 1.26 bits per heavy atom. The standard InChI is InChI=1S/C21H27N5O5/c1-21(2,3)17(19(29)25-10-14(27)9-16(25)18(28)22-4)26-11-15(23-24-26)12-6-5-7-13(8-12)20(30)31/h5-8,11,14,16-17,27H,9-10H2,1-4H3,(H,22,28)(H,30,31)/t14-,16+,17-/m1/s1. The summed E-state index contributed by atoms with van der Waals surface area (Å²) in [6.45, 7) is 5.70. The molecule has 1 fully saturated rings. The molecule has 2 aromatic rings. The van der Waals surface area contributed by atoms with E-state index in [9.17, 15) is 24.6 Å². The van der Waals surface area contributed by atoms with E-state index in [2.05, 4.69) is 15.6 Å². The SMILES string of the molecule is CNC(=O)[C@@H]1C[C@@H](O)CN1C(=O)[C@@H](n1cc(-c2cccc(C(=O)O)c2)nn1)C(C)(C)C. The van der Waals surface area contributed by atoms with Crippen LogP contribution in [0.1, 0.15) is 43.6 Å². The smallest absolute Gasteiger partial charge is 0.335 e. The second-order valence-electron chi connectivity index (χ2n) is 8.75. The fraction of sp³-hybridized carbons (Fsp3) is 0.476. The normalized spacial score (nSPS) is 19.8. The first kappa shape index (κ1) is 22.4. The molecule has 10 heteroatoms. The molecule has 3 N–H and O–H groups in total. The van der Waals surface area contributed by atoms with E-state index in [1.165, 1.54) is 28.8 Å². The van der Waals surface area contributed by atoms with Crippen molar-refractivity contribution in [3.05, 3.63) is 36.0 Å². The lowest BCUT2D eigenvalue weighted by molar-refractivity contribution is -0.144. The minimum atomic E-state index is -1.05. The summed E-state index contributed by atoms with van der Waals surface area (Å²) in [5, 5.41) is 30.1. The highest BCUT2D eigenvalue weighted by molar-refractivity contribution is 5.90. The third kappa shape index (κ3) is 4.58. The van der Waals surface area contributed by atoms with Crippen LogP contribution in [-0.4, -0.2) is 73.6 Å². The predicted octanol–water partition coefficient (Wildman–Crippen LogP) is 0.938. The van der Waals surface area contributed by atoms with Crippen LogP contribution in [0.15, 0.2) is 30.5 Å². The molecule has 1 aromatic carbocycles. The molecule has 2 amide bonds. The Balaban J connectivity index is 1.96. The first-order chi connectivity index (χ1) is 14.5. The average molecular weight is 429 g/mol. The maximum absolute atomic E-state index is 13.5. The molecule has 1 aliphatic heterocycles. The molecule has 0 unspecified atom stereocenters. The number of β-amino-alcohol motifs (C(OH)–C–C–N with tert-alkyl or cyclic N) is 1. The van der Waals surface area contributed by atoms with Gasteiger partial charge in [0.1, 0.15) is 17.8 Å². The van der Waals surface area contributed by atoms with Gasteiger partial charge in [0.05, 0.1) is 17.9 Å². The van der Waals surface area contributed by atoms with E-state index >= 15 is 0 Å². The van der Waals surface area contributed by atoms with Crippen LogP contribution in [0.4, 0.5) is 0 Å². The third-order valence-corrected chi connectivity index (χ3v) is 5.35. The summed E-state index contributed by atoms with van der Waals surface area (Å²) in [6, 6.07) is 4.76. The summed E-state index contributed by atoms with van der Waals surface area (Å²) in [6.07, 6.45) is 0.986. The Hall–Kier alpha value is -3.27. The maximum Gasteiger partial charge on any atom is 0.335 e. The maximum atomic E-state index is 13.5. The van der Waals surface area contributed by atoms with Crippen LogP contribution in [0.5, 0.6) is 0 Å². The topological polar surface area (TPSA) is 138 Å². The number of amides is 2. The fourth-order valence-corrected chi connectivity index (χ4v) is 3.86. The van der Waals surface area contributed by atoms with E-state index < -0.39 is 29.6 Å². The Morgan fingerprint density at radius 3 is 2.58 bits per heavy atom. The van der Waals surface area contributed by atoms with Gasteiger partial charge in [0.15, 0.2) is 0 Å². The molecule has 0 aliphatic carbocycles. The van der Waals surface area contributed by atoms with E-state index in [0.717, 1.165) is 0 Å². The number of hydrogen-bond acceptors (Lipinski definition) is 6. The van der Waals surface area contributed by atoms with Gasteiger partial charge in [-0.3, -0.25) is 9.59 Å². The Labute approximate surface area is 179 Å². The highest BCUT2D eigenvalue weighted by Gasteiger charge is 2.45. The predicted molar refractivity (Wildman–Crippen MR) is 111 cm³/mol. The fourth-order valence-electron chi connectivity index (χ4n) is 3.86. The van der Waals surface area contributed by atoms with Crippen molar-refractivity contribution in [2.24, 2.45) is 5.41 Å². The second kappa shape index (κ2) is 8.46. The van der Waals surface area contributed by atoms with Crippen molar-refractivity contribution < 1.29 is 24.6 Å². The lowest BCUT2D eigenvalue weighted by Gasteiger charge is -2.34. The molecule has 0 bridgehead atoms. The molecule has 31 heavy (non-hydrogen) atoms. The van der Waals surface area contributed by atoms with Crippen LogP contribution in [0, 0.1) is 5.41 Å². The Bertz CT molecular complexity index is 996. The molecule has 10 nitrogen and oxygen atoms in total. The van der Waals surface area contributed by atoms with Crippen LogP contribution in [0.2, 0.25) is 0 Å². The van der Waals surface area contributed by atoms with Crippen LogP contribution in [0.25, 0.3) is 11.3 Å². The highest BCUT2D eigenvalue weighted by Crippen LogP contribution is 2.35. The molecular formula is C21H27N5O5. The van der Waals surface area contributed by atoms with E-state index in [1.54, 1.807) is 18.3 Å². The second-order valence-corrected chi connectivity index (χ2v) is 8.75. The Morgan fingerprint density at radius 2 is 1.97 bits per heavy atom. The van der Waals surface area contributed by atoms with Crippen LogP contribution >= 0.6 is 0 Å². The van der Waals surface area contributed by atoms with E-state index in [4.69, 9.17) is 0 Å². The number of hydrogen-bond donors (Lipinski definition) is 3. The summed E-state index contributed by atoms with van der Waals surface area (Å²) in [4.78, 5) is 38.4. The molecule has 1 aliphatic rings. The molecule has 0 spiro atoms. The summed E-state index contributed by atoms with van der Waals surface area (Å²) in [5.41, 5.74) is 0.529. The number of aliphatic hydroxyl groups is 1. The van der Waals surface area contributed by atoms with Gasteiger partial charge < -0.3 is 20.4 Å². The highest BCUT2D eigenvalue weighted by atomic mass is 16.4. The van der Waals surface area contributed by atoms with Gasteiger partial charge in [-0.15, -0.1) is 5.10 Å². The van der Waals surface area contributed by atoms with Crippen molar-refractivity contribution >= 4 is 17.8 Å². The van der Waals surface area contributed by atoms with E-state index in [1.807, 2.05) is 20.8 Å². The van der Waals surface area contributed by atoms with Gasteiger partial charge in [-0.25, -0.2) is 9.48 Å². The zero-order chi connectivity index (χ0) is 22.9. The summed E-state index contributed by atoms with van der Waals surface area (Å²) >= 11 is 0. The quantitative estimate of drug-likeness (QED) is 0.643. The van der Waals surface area contributed by atoms with Gasteiger partial charge in [-0.1, -0.05) is 38.1 Å². The molecule has 3 rings (SSSR count). The number of likely N-dealkylation sites (tertiary alicyclic amines) is 1. The summed E-state index contributed by atoms with van der Waals surface area (Å²) in [5.74, 6) is -1.72. The lowest BCUT2D eigenvalue weighted by Crippen LogP contribution is -2.49. The molecule has 166 valence electrons. The van der Waals surface area contributed by atoms with Gasteiger partial charge in [0.25, 0.3) is 0 Å². The number of carbonyl (C=O) groups is 3. The van der Waals surface area contributed by atoms with Crippen molar-refractivity contribution in [2.45, 2.75) is 45.4 Å². The van der Waals surface area contributed by atoms with Crippen LogP contribution in [-0.2, 0) is 9.59 Å². The monoisotopic (exact) mass is 429 g/mol. The number of rotatable bonds is 5. The van der Waals surface area contributed by atoms with Crippen molar-refractivity contribution in [3.63, 3.8) is 0 Å². The average Bonchev–Trinajstić information content (AvgIpc) is 3.33. The van der Waals surface area contributed by atoms with Gasteiger partial charge >= 0.3 is 5.97 Å². The molecule has 2 heterocycles. The Kier molecular flexibility index (Phi) is 6.12. The van der Waals surface area contributed by atoms with Crippen LogP contribution < -0.4 is 5.32 Å². The number of benzene rings is 1. The number of nitrogens with one attached hydrogen (secondary N) is 1. The number of carboxylic acid groups (broad SMARTS) is 1. The molecule has 0 radical (unpaired) electrons. The van der Waals surface area contributed by atoms with Crippen molar-refractivity contribution in [2.75, 3.05) is 13.6 Å². The van der Waals surface area contributed by atoms with Gasteiger partial charge in [-0.05, 0) is 17.5 Å². The van der Waals surface area contributed by atoms with Gasteiger partial charge in [0.2, 0.25) is 11.8 Å². The van der Waals surface area contributed by atoms with Crippen LogP contribution in [0.3, 0.4) is 0 Å². The molecule has 1 aromatic heterocycles. The number of likely N-dealkylation sites (N-methyl/N-ethyl adjacent to an activating group) is 1. The first-order valence-electron chi connectivity index (χ1n) is 9.98. The number of nitrogens with zero attached hydrogens (tertiary/aromatic N) is 4. The molecule has 3 atom stereocenters. The van der Waals surface area contributed by atoms with E-state index in [0.29, 0.717) is 11.3 Å². The number of aliphatic hydroxyl groups excluding tert-OH is 1.